The highest BCUT2D eigenvalue weighted by molar-refractivity contribution is 5.84. The quantitative estimate of drug-likeness (QED) is 0.497. The monoisotopic (exact) mass is 407 g/mol. The lowest BCUT2D eigenvalue weighted by Gasteiger charge is -2.34. The van der Waals surface area contributed by atoms with Gasteiger partial charge in [0.05, 0.1) is 18.6 Å². The largest absolute Gasteiger partial charge is 0.381 e. The van der Waals surface area contributed by atoms with E-state index in [0.29, 0.717) is 12.6 Å². The first-order chi connectivity index (χ1) is 14.0. The first-order valence-corrected chi connectivity index (χ1v) is 11.6. The summed E-state index contributed by atoms with van der Waals surface area (Å²) in [6.07, 6.45) is 7.65. The molecule has 0 aromatic carbocycles. The van der Waals surface area contributed by atoms with E-state index >= 15 is 0 Å². The number of guanidine groups is 1. The number of piperidine rings is 1. The summed E-state index contributed by atoms with van der Waals surface area (Å²) in [7, 11) is 3.72. The highest BCUT2D eigenvalue weighted by Gasteiger charge is 2.42. The van der Waals surface area contributed by atoms with E-state index in [1.54, 1.807) is 4.90 Å². The number of likely N-dealkylation sites (tertiary alicyclic amines) is 1. The molecule has 0 spiro atoms. The van der Waals surface area contributed by atoms with E-state index in [0.717, 1.165) is 83.3 Å². The zero-order chi connectivity index (χ0) is 20.7. The van der Waals surface area contributed by atoms with Crippen LogP contribution in [0.1, 0.15) is 51.9 Å². The number of carbonyl (C=O) groups excluding carboxylic acids is 1. The summed E-state index contributed by atoms with van der Waals surface area (Å²) in [6.45, 7) is 8.83. The summed E-state index contributed by atoms with van der Waals surface area (Å²) >= 11 is 0. The van der Waals surface area contributed by atoms with Crippen molar-refractivity contribution in [3.05, 3.63) is 0 Å². The molecule has 3 aliphatic rings. The first kappa shape index (κ1) is 22.3. The van der Waals surface area contributed by atoms with Gasteiger partial charge in [0.1, 0.15) is 0 Å². The zero-order valence-corrected chi connectivity index (χ0v) is 18.7. The van der Waals surface area contributed by atoms with Gasteiger partial charge in [-0.3, -0.25) is 9.79 Å². The van der Waals surface area contributed by atoms with Gasteiger partial charge in [-0.05, 0) is 44.9 Å². The predicted octanol–water partition coefficient (Wildman–Crippen LogP) is 1.69. The van der Waals surface area contributed by atoms with Crippen LogP contribution in [0.3, 0.4) is 0 Å². The molecule has 2 aliphatic heterocycles. The van der Waals surface area contributed by atoms with E-state index in [4.69, 9.17) is 9.73 Å². The standard InChI is InChI=1S/C22H41N5O2/c1-4-23-21(24-17-22(10-5-6-11-22)20(28)26(2)3)25-19-7-12-27(13-8-19)15-18-9-14-29-16-18/h18-19H,4-17H2,1-3H3,(H2,23,24,25). The minimum absolute atomic E-state index is 0.235. The van der Waals surface area contributed by atoms with Crippen LogP contribution in [0.4, 0.5) is 0 Å². The van der Waals surface area contributed by atoms with Gasteiger partial charge in [-0.25, -0.2) is 0 Å². The summed E-state index contributed by atoms with van der Waals surface area (Å²) in [5.74, 6) is 1.82. The molecule has 29 heavy (non-hydrogen) atoms. The third-order valence-corrected chi connectivity index (χ3v) is 6.77. The van der Waals surface area contributed by atoms with E-state index in [-0.39, 0.29) is 11.3 Å². The zero-order valence-electron chi connectivity index (χ0n) is 18.7. The van der Waals surface area contributed by atoms with Gasteiger partial charge in [-0.15, -0.1) is 0 Å². The molecular formula is C22H41N5O2. The first-order valence-electron chi connectivity index (χ1n) is 11.6. The summed E-state index contributed by atoms with van der Waals surface area (Å²) < 4.78 is 5.52. The van der Waals surface area contributed by atoms with E-state index in [2.05, 4.69) is 22.5 Å². The van der Waals surface area contributed by atoms with Crippen LogP contribution in [-0.4, -0.2) is 87.7 Å². The molecule has 1 aliphatic carbocycles. The van der Waals surface area contributed by atoms with Crippen LogP contribution >= 0.6 is 0 Å². The fourth-order valence-electron chi connectivity index (χ4n) is 5.06. The van der Waals surface area contributed by atoms with Crippen molar-refractivity contribution in [2.45, 2.75) is 57.9 Å². The molecule has 2 heterocycles. The van der Waals surface area contributed by atoms with Crippen LogP contribution in [0.5, 0.6) is 0 Å². The number of ether oxygens (including phenoxy) is 1. The molecule has 166 valence electrons. The average Bonchev–Trinajstić information content (AvgIpc) is 3.40. The Kier molecular flexibility index (Phi) is 8.18. The fourth-order valence-corrected chi connectivity index (χ4v) is 5.06. The van der Waals surface area contributed by atoms with Crippen molar-refractivity contribution in [2.75, 3.05) is 60.0 Å². The maximum absolute atomic E-state index is 12.8. The van der Waals surface area contributed by atoms with Crippen molar-refractivity contribution < 1.29 is 9.53 Å². The second-order valence-corrected chi connectivity index (χ2v) is 9.33. The molecule has 0 aromatic rings. The van der Waals surface area contributed by atoms with Gasteiger partial charge < -0.3 is 25.2 Å². The molecule has 7 heteroatoms. The fraction of sp³-hybridized carbons (Fsp3) is 0.909. The van der Waals surface area contributed by atoms with Crippen molar-refractivity contribution in [3.63, 3.8) is 0 Å². The Labute approximate surface area is 176 Å². The smallest absolute Gasteiger partial charge is 0.230 e. The number of nitrogens with one attached hydrogen (secondary N) is 2. The third kappa shape index (κ3) is 6.07. The van der Waals surface area contributed by atoms with Crippen LogP contribution < -0.4 is 10.6 Å². The number of rotatable bonds is 7. The molecule has 1 amide bonds. The van der Waals surface area contributed by atoms with Gasteiger partial charge in [-0.1, -0.05) is 12.8 Å². The molecule has 0 bridgehead atoms. The lowest BCUT2D eigenvalue weighted by atomic mass is 9.85. The Hall–Kier alpha value is -1.34. The molecule has 1 unspecified atom stereocenters. The van der Waals surface area contributed by atoms with E-state index in [1.165, 1.54) is 13.0 Å². The van der Waals surface area contributed by atoms with Crippen molar-refractivity contribution in [2.24, 2.45) is 16.3 Å². The van der Waals surface area contributed by atoms with Gasteiger partial charge in [0.15, 0.2) is 5.96 Å². The van der Waals surface area contributed by atoms with Crippen LogP contribution in [0, 0.1) is 11.3 Å². The summed E-state index contributed by atoms with van der Waals surface area (Å²) in [5, 5.41) is 7.04. The maximum Gasteiger partial charge on any atom is 0.230 e. The van der Waals surface area contributed by atoms with Gasteiger partial charge in [0.25, 0.3) is 0 Å². The molecule has 7 nitrogen and oxygen atoms in total. The van der Waals surface area contributed by atoms with Crippen LogP contribution in [0.25, 0.3) is 0 Å². The Bertz CT molecular complexity index is 545. The minimum atomic E-state index is -0.307. The molecule has 2 saturated heterocycles. The highest BCUT2D eigenvalue weighted by Crippen LogP contribution is 2.39. The van der Waals surface area contributed by atoms with Crippen molar-refractivity contribution in [1.82, 2.24) is 20.4 Å². The molecule has 2 N–H and O–H groups in total. The van der Waals surface area contributed by atoms with Gasteiger partial charge in [0.2, 0.25) is 5.91 Å². The van der Waals surface area contributed by atoms with Gasteiger partial charge >= 0.3 is 0 Å². The highest BCUT2D eigenvalue weighted by atomic mass is 16.5. The van der Waals surface area contributed by atoms with Crippen molar-refractivity contribution >= 4 is 11.9 Å². The molecule has 0 aromatic heterocycles. The number of hydrogen-bond acceptors (Lipinski definition) is 4. The second kappa shape index (κ2) is 10.6. The molecule has 1 saturated carbocycles. The molecule has 3 fully saturated rings. The van der Waals surface area contributed by atoms with E-state index in [1.807, 2.05) is 14.1 Å². The number of hydrogen-bond donors (Lipinski definition) is 2. The van der Waals surface area contributed by atoms with Crippen molar-refractivity contribution in [3.8, 4) is 0 Å². The summed E-state index contributed by atoms with van der Waals surface area (Å²) in [4.78, 5) is 22.0. The predicted molar refractivity (Wildman–Crippen MR) is 117 cm³/mol. The second-order valence-electron chi connectivity index (χ2n) is 9.33. The van der Waals surface area contributed by atoms with E-state index in [9.17, 15) is 4.79 Å². The summed E-state index contributed by atoms with van der Waals surface area (Å²) in [5.41, 5.74) is -0.307. The maximum atomic E-state index is 12.8. The SMILES string of the molecule is CCNC(=NCC1(C(=O)N(C)C)CCCC1)NC1CCN(CC2CCOC2)CC1. The Morgan fingerprint density at radius 1 is 1.21 bits per heavy atom. The number of nitrogens with zero attached hydrogens (tertiary/aromatic N) is 3. The van der Waals surface area contributed by atoms with Gasteiger partial charge in [0, 0.05) is 52.9 Å². The number of carbonyl (C=O) groups is 1. The lowest BCUT2D eigenvalue weighted by molar-refractivity contribution is -0.138. The van der Waals surface area contributed by atoms with Crippen LogP contribution in [-0.2, 0) is 9.53 Å². The normalized spacial score (nSPS) is 25.9. The van der Waals surface area contributed by atoms with Gasteiger partial charge in [-0.2, -0.15) is 0 Å². The molecular weight excluding hydrogens is 366 g/mol. The number of amides is 1. The van der Waals surface area contributed by atoms with E-state index < -0.39 is 0 Å². The molecule has 1 atom stereocenters. The lowest BCUT2D eigenvalue weighted by Crippen LogP contribution is -2.50. The summed E-state index contributed by atoms with van der Waals surface area (Å²) in [6, 6.07) is 0.452. The average molecular weight is 408 g/mol. The Morgan fingerprint density at radius 3 is 2.52 bits per heavy atom. The minimum Gasteiger partial charge on any atom is -0.381 e. The van der Waals surface area contributed by atoms with Crippen molar-refractivity contribution in [1.29, 1.82) is 0 Å². The third-order valence-electron chi connectivity index (χ3n) is 6.77. The topological polar surface area (TPSA) is 69.2 Å². The molecule has 3 rings (SSSR count). The Morgan fingerprint density at radius 2 is 1.93 bits per heavy atom. The molecule has 0 radical (unpaired) electrons. The number of aliphatic imine (C=N–C) groups is 1. The Balaban J connectivity index is 1.52. The van der Waals surface area contributed by atoms with Crippen LogP contribution in [0.15, 0.2) is 4.99 Å². The van der Waals surface area contributed by atoms with Crippen LogP contribution in [0.2, 0.25) is 0 Å².